The molecule has 19 heavy (non-hydrogen) atoms. The van der Waals surface area contributed by atoms with Crippen LogP contribution in [0.2, 0.25) is 0 Å². The summed E-state index contributed by atoms with van der Waals surface area (Å²) in [6, 6.07) is 2.74. The number of carbonyl (C=O) groups is 2. The molecular weight excluding hydrogens is 251 g/mol. The zero-order valence-corrected chi connectivity index (χ0v) is 10.3. The average Bonchev–Trinajstić information content (AvgIpc) is 2.29. The van der Waals surface area contributed by atoms with Gasteiger partial charge in [0, 0.05) is 6.54 Å². The van der Waals surface area contributed by atoms with Gasteiger partial charge in [0.05, 0.1) is 11.3 Å². The van der Waals surface area contributed by atoms with Crippen LogP contribution in [0.15, 0.2) is 18.2 Å². The lowest BCUT2D eigenvalue weighted by Gasteiger charge is -2.25. The molecule has 0 radical (unpaired) electrons. The van der Waals surface area contributed by atoms with Crippen LogP contribution in [0.1, 0.15) is 29.6 Å². The molecule has 1 fully saturated rings. The second kappa shape index (κ2) is 5.69. The number of carboxylic acid groups (broad SMARTS) is 1. The zero-order chi connectivity index (χ0) is 13.8. The van der Waals surface area contributed by atoms with Crippen molar-refractivity contribution in [2.75, 3.05) is 11.9 Å². The minimum absolute atomic E-state index is 0.0734. The Balaban J connectivity index is 1.94. The number of urea groups is 1. The Bertz CT molecular complexity index is 501. The van der Waals surface area contributed by atoms with E-state index in [0.717, 1.165) is 31.0 Å². The first-order valence-electron chi connectivity index (χ1n) is 6.14. The fourth-order valence-electron chi connectivity index (χ4n) is 1.85. The van der Waals surface area contributed by atoms with Crippen molar-refractivity contribution in [2.24, 2.45) is 5.92 Å². The largest absolute Gasteiger partial charge is 0.478 e. The van der Waals surface area contributed by atoms with Gasteiger partial charge in [-0.15, -0.1) is 0 Å². The van der Waals surface area contributed by atoms with E-state index in [1.54, 1.807) is 0 Å². The quantitative estimate of drug-likeness (QED) is 0.783. The highest BCUT2D eigenvalue weighted by molar-refractivity contribution is 5.93. The van der Waals surface area contributed by atoms with Crippen LogP contribution >= 0.6 is 0 Å². The van der Waals surface area contributed by atoms with E-state index >= 15 is 0 Å². The second-order valence-electron chi connectivity index (χ2n) is 4.63. The van der Waals surface area contributed by atoms with E-state index in [-0.39, 0.29) is 11.3 Å². The summed E-state index contributed by atoms with van der Waals surface area (Å²) >= 11 is 0. The Kier molecular flexibility index (Phi) is 3.99. The maximum absolute atomic E-state index is 13.4. The second-order valence-corrected chi connectivity index (χ2v) is 4.63. The summed E-state index contributed by atoms with van der Waals surface area (Å²) in [6.07, 6.45) is 3.38. The van der Waals surface area contributed by atoms with Crippen LogP contribution < -0.4 is 10.6 Å². The fourth-order valence-corrected chi connectivity index (χ4v) is 1.85. The molecule has 0 unspecified atom stereocenters. The first kappa shape index (κ1) is 13.3. The monoisotopic (exact) mass is 266 g/mol. The number of benzene rings is 1. The smallest absolute Gasteiger partial charge is 0.335 e. The molecule has 0 saturated heterocycles. The van der Waals surface area contributed by atoms with Crippen LogP contribution in [0, 0.1) is 11.7 Å². The number of aromatic carboxylic acids is 1. The number of nitrogens with one attached hydrogen (secondary N) is 2. The number of amides is 2. The van der Waals surface area contributed by atoms with Crippen molar-refractivity contribution < 1.29 is 19.1 Å². The molecule has 0 aromatic heterocycles. The van der Waals surface area contributed by atoms with Gasteiger partial charge in [0.2, 0.25) is 0 Å². The molecular formula is C13H15FN2O3. The number of hydrogen-bond acceptors (Lipinski definition) is 2. The van der Waals surface area contributed by atoms with Crippen molar-refractivity contribution in [2.45, 2.75) is 19.3 Å². The van der Waals surface area contributed by atoms with Gasteiger partial charge in [0.1, 0.15) is 5.82 Å². The van der Waals surface area contributed by atoms with Crippen LogP contribution in [0.3, 0.4) is 0 Å². The van der Waals surface area contributed by atoms with Gasteiger partial charge in [-0.3, -0.25) is 0 Å². The SMILES string of the molecule is O=C(NCC1CCC1)Nc1cc(C(=O)O)ccc1F. The first-order chi connectivity index (χ1) is 9.06. The maximum Gasteiger partial charge on any atom is 0.335 e. The molecule has 3 N–H and O–H groups in total. The summed E-state index contributed by atoms with van der Waals surface area (Å²) in [4.78, 5) is 22.3. The van der Waals surface area contributed by atoms with E-state index in [2.05, 4.69) is 10.6 Å². The van der Waals surface area contributed by atoms with E-state index in [1.807, 2.05) is 0 Å². The van der Waals surface area contributed by atoms with E-state index in [1.165, 1.54) is 6.42 Å². The summed E-state index contributed by atoms with van der Waals surface area (Å²) in [5.41, 5.74) is -0.207. The molecule has 0 heterocycles. The number of carbonyl (C=O) groups excluding carboxylic acids is 1. The third-order valence-corrected chi connectivity index (χ3v) is 3.24. The minimum Gasteiger partial charge on any atom is -0.478 e. The first-order valence-corrected chi connectivity index (χ1v) is 6.14. The standard InChI is InChI=1S/C13H15FN2O3/c14-10-5-4-9(12(17)18)6-11(10)16-13(19)15-7-8-2-1-3-8/h4-6,8H,1-3,7H2,(H,17,18)(H2,15,16,19). The number of hydrogen-bond donors (Lipinski definition) is 3. The Hall–Kier alpha value is -2.11. The Morgan fingerprint density at radius 2 is 2.11 bits per heavy atom. The summed E-state index contributed by atoms with van der Waals surface area (Å²) in [6.45, 7) is 0.562. The van der Waals surface area contributed by atoms with Crippen molar-refractivity contribution in [3.63, 3.8) is 0 Å². The number of rotatable bonds is 4. The van der Waals surface area contributed by atoms with Crippen LogP contribution in [0.25, 0.3) is 0 Å². The van der Waals surface area contributed by atoms with Gasteiger partial charge in [-0.2, -0.15) is 0 Å². The van der Waals surface area contributed by atoms with E-state index < -0.39 is 17.8 Å². The topological polar surface area (TPSA) is 78.4 Å². The molecule has 2 rings (SSSR count). The Morgan fingerprint density at radius 3 is 2.68 bits per heavy atom. The van der Waals surface area contributed by atoms with Crippen LogP contribution in [-0.2, 0) is 0 Å². The normalized spacial score (nSPS) is 14.6. The predicted octanol–water partition coefficient (Wildman–Crippen LogP) is 2.45. The maximum atomic E-state index is 13.4. The van der Waals surface area contributed by atoms with Gasteiger partial charge in [0.15, 0.2) is 0 Å². The Labute approximate surface area is 109 Å². The van der Waals surface area contributed by atoms with Gasteiger partial charge >= 0.3 is 12.0 Å². The number of halogens is 1. The summed E-state index contributed by atoms with van der Waals surface area (Å²) in [5.74, 6) is -1.33. The van der Waals surface area contributed by atoms with E-state index in [0.29, 0.717) is 12.5 Å². The van der Waals surface area contributed by atoms with Crippen molar-refractivity contribution in [3.8, 4) is 0 Å². The van der Waals surface area contributed by atoms with Crippen molar-refractivity contribution in [1.29, 1.82) is 0 Å². The molecule has 1 aliphatic rings. The van der Waals surface area contributed by atoms with Gasteiger partial charge in [-0.25, -0.2) is 14.0 Å². The highest BCUT2D eigenvalue weighted by Gasteiger charge is 2.18. The number of carboxylic acids is 1. The molecule has 1 aromatic rings. The lowest BCUT2D eigenvalue weighted by molar-refractivity contribution is 0.0697. The molecule has 5 nitrogen and oxygen atoms in total. The van der Waals surface area contributed by atoms with Crippen molar-refractivity contribution in [3.05, 3.63) is 29.6 Å². The highest BCUT2D eigenvalue weighted by Crippen LogP contribution is 2.25. The molecule has 102 valence electrons. The lowest BCUT2D eigenvalue weighted by atomic mass is 9.85. The molecule has 6 heteroatoms. The molecule has 0 bridgehead atoms. The predicted molar refractivity (Wildman–Crippen MR) is 67.7 cm³/mol. The van der Waals surface area contributed by atoms with Gasteiger partial charge in [0.25, 0.3) is 0 Å². The molecule has 1 saturated carbocycles. The zero-order valence-electron chi connectivity index (χ0n) is 10.3. The lowest BCUT2D eigenvalue weighted by Crippen LogP contribution is -2.35. The third-order valence-electron chi connectivity index (χ3n) is 3.24. The molecule has 0 atom stereocenters. The fraction of sp³-hybridized carbons (Fsp3) is 0.385. The third kappa shape index (κ3) is 3.43. The van der Waals surface area contributed by atoms with Crippen molar-refractivity contribution >= 4 is 17.7 Å². The van der Waals surface area contributed by atoms with Crippen LogP contribution in [0.5, 0.6) is 0 Å². The molecule has 1 aromatic carbocycles. The van der Waals surface area contributed by atoms with Gasteiger partial charge in [-0.05, 0) is 37.0 Å². The van der Waals surface area contributed by atoms with Gasteiger partial charge in [-0.1, -0.05) is 6.42 Å². The van der Waals surface area contributed by atoms with E-state index in [4.69, 9.17) is 5.11 Å². The Morgan fingerprint density at radius 1 is 1.37 bits per heavy atom. The van der Waals surface area contributed by atoms with Crippen LogP contribution in [0.4, 0.5) is 14.9 Å². The van der Waals surface area contributed by atoms with Crippen molar-refractivity contribution in [1.82, 2.24) is 5.32 Å². The van der Waals surface area contributed by atoms with Gasteiger partial charge < -0.3 is 15.7 Å². The molecule has 0 spiro atoms. The molecule has 2 amide bonds. The minimum atomic E-state index is -1.17. The summed E-state index contributed by atoms with van der Waals surface area (Å²) < 4.78 is 13.4. The van der Waals surface area contributed by atoms with E-state index in [9.17, 15) is 14.0 Å². The summed E-state index contributed by atoms with van der Waals surface area (Å²) in [7, 11) is 0. The molecule has 1 aliphatic carbocycles. The highest BCUT2D eigenvalue weighted by atomic mass is 19.1. The van der Waals surface area contributed by atoms with Crippen LogP contribution in [-0.4, -0.2) is 23.7 Å². The summed E-state index contributed by atoms with van der Waals surface area (Å²) in [5, 5.41) is 13.8. The number of anilines is 1. The average molecular weight is 266 g/mol. The molecule has 0 aliphatic heterocycles.